The Morgan fingerprint density at radius 3 is 2.22 bits per heavy atom. The van der Waals surface area contributed by atoms with Crippen LogP contribution in [0.3, 0.4) is 0 Å². The molecule has 2 heterocycles. The molecule has 7 heteroatoms. The average Bonchev–Trinajstić information content (AvgIpc) is 3.38. The van der Waals surface area contributed by atoms with E-state index in [1.807, 2.05) is 30.3 Å². The molecule has 0 aliphatic carbocycles. The van der Waals surface area contributed by atoms with Crippen LogP contribution in [0, 0.1) is 0 Å². The average molecular weight is 494 g/mol. The lowest BCUT2D eigenvalue weighted by molar-refractivity contribution is -0.128. The van der Waals surface area contributed by atoms with Crippen molar-refractivity contribution in [2.24, 2.45) is 0 Å². The van der Waals surface area contributed by atoms with Crippen LogP contribution >= 0.6 is 0 Å². The van der Waals surface area contributed by atoms with Crippen molar-refractivity contribution in [2.75, 3.05) is 7.05 Å². The molecule has 0 spiro atoms. The SMILES string of the molecule is CN1C(=O)c2ccc([nH]2)C(=O)CCCCCCCCCCCC1C(=O)NC(C=O)Cc1ccccc1. The lowest BCUT2D eigenvalue weighted by Crippen LogP contribution is -2.51. The zero-order chi connectivity index (χ0) is 25.8. The molecule has 0 radical (unpaired) electrons. The summed E-state index contributed by atoms with van der Waals surface area (Å²) in [5, 5.41) is 2.85. The van der Waals surface area contributed by atoms with E-state index in [1.165, 1.54) is 17.7 Å². The van der Waals surface area contributed by atoms with Gasteiger partial charge in [-0.2, -0.15) is 0 Å². The van der Waals surface area contributed by atoms with Crippen LogP contribution in [0.5, 0.6) is 0 Å². The van der Waals surface area contributed by atoms with Crippen molar-refractivity contribution in [3.63, 3.8) is 0 Å². The maximum absolute atomic E-state index is 13.3. The van der Waals surface area contributed by atoms with Gasteiger partial charge >= 0.3 is 0 Å². The molecule has 2 bridgehead atoms. The number of benzene rings is 1. The lowest BCUT2D eigenvalue weighted by Gasteiger charge is -2.28. The molecule has 2 N–H and O–H groups in total. The second-order valence-corrected chi connectivity index (χ2v) is 9.80. The number of Topliss-reactive ketones (excluding diaryl/α,β-unsaturated/α-hetero) is 1. The quantitative estimate of drug-likeness (QED) is 0.581. The minimum Gasteiger partial charge on any atom is -0.348 e. The Bertz CT molecular complexity index is 1000. The maximum Gasteiger partial charge on any atom is 0.270 e. The van der Waals surface area contributed by atoms with Crippen molar-refractivity contribution in [1.82, 2.24) is 15.2 Å². The maximum atomic E-state index is 13.3. The number of carbonyl (C=O) groups excluding carboxylic acids is 4. The lowest BCUT2D eigenvalue weighted by atomic mass is 10.0. The summed E-state index contributed by atoms with van der Waals surface area (Å²) in [4.78, 5) is 55.3. The van der Waals surface area contributed by atoms with Gasteiger partial charge in [0.25, 0.3) is 5.91 Å². The fourth-order valence-corrected chi connectivity index (χ4v) is 4.79. The van der Waals surface area contributed by atoms with Crippen molar-refractivity contribution in [1.29, 1.82) is 0 Å². The van der Waals surface area contributed by atoms with Crippen LogP contribution in [0.1, 0.15) is 97.2 Å². The third-order valence-corrected chi connectivity index (χ3v) is 6.98. The van der Waals surface area contributed by atoms with E-state index < -0.39 is 12.1 Å². The number of hydrogen-bond donors (Lipinski definition) is 2. The third-order valence-electron chi connectivity index (χ3n) is 6.98. The largest absolute Gasteiger partial charge is 0.348 e. The molecule has 2 aromatic rings. The molecule has 2 amide bonds. The van der Waals surface area contributed by atoms with E-state index in [0.717, 1.165) is 56.8 Å². The summed E-state index contributed by atoms with van der Waals surface area (Å²) in [6.45, 7) is 0. The van der Waals surface area contributed by atoms with E-state index in [9.17, 15) is 19.2 Å². The van der Waals surface area contributed by atoms with Crippen molar-refractivity contribution < 1.29 is 19.2 Å². The number of hydrogen-bond acceptors (Lipinski definition) is 4. The first-order valence-electron chi connectivity index (χ1n) is 13.3. The molecule has 1 aromatic heterocycles. The van der Waals surface area contributed by atoms with Gasteiger partial charge < -0.3 is 20.0 Å². The molecule has 36 heavy (non-hydrogen) atoms. The molecule has 0 fully saturated rings. The highest BCUT2D eigenvalue weighted by molar-refractivity contribution is 6.00. The van der Waals surface area contributed by atoms with Crippen LogP contribution in [0.4, 0.5) is 0 Å². The number of aromatic nitrogens is 1. The minimum absolute atomic E-state index is 0.00171. The second kappa shape index (κ2) is 14.4. The van der Waals surface area contributed by atoms with Crippen LogP contribution < -0.4 is 5.32 Å². The molecule has 1 aliphatic heterocycles. The monoisotopic (exact) mass is 493 g/mol. The predicted molar refractivity (Wildman–Crippen MR) is 140 cm³/mol. The van der Waals surface area contributed by atoms with Gasteiger partial charge in [0.2, 0.25) is 5.91 Å². The highest BCUT2D eigenvalue weighted by atomic mass is 16.2. The van der Waals surface area contributed by atoms with E-state index in [-0.39, 0.29) is 23.3 Å². The number of H-pyrrole nitrogens is 1. The molecular formula is C29H39N3O4. The van der Waals surface area contributed by atoms with Gasteiger partial charge in [0.15, 0.2) is 5.78 Å². The van der Waals surface area contributed by atoms with Gasteiger partial charge in [-0.05, 0) is 37.0 Å². The molecule has 194 valence electrons. The summed E-state index contributed by atoms with van der Waals surface area (Å²) >= 11 is 0. The molecule has 0 saturated carbocycles. The van der Waals surface area contributed by atoms with Crippen LogP contribution in [0.2, 0.25) is 0 Å². The summed E-state index contributed by atoms with van der Waals surface area (Å²) in [6, 6.07) is 11.4. The first-order valence-corrected chi connectivity index (χ1v) is 13.3. The zero-order valence-corrected chi connectivity index (χ0v) is 21.3. The third kappa shape index (κ3) is 8.18. The predicted octanol–water partition coefficient (Wildman–Crippen LogP) is 4.87. The molecule has 2 atom stereocenters. The minimum atomic E-state index is -0.711. The summed E-state index contributed by atoms with van der Waals surface area (Å²) in [5.74, 6) is -0.681. The van der Waals surface area contributed by atoms with E-state index in [4.69, 9.17) is 0 Å². The van der Waals surface area contributed by atoms with Gasteiger partial charge in [-0.25, -0.2) is 0 Å². The van der Waals surface area contributed by atoms with Gasteiger partial charge in [-0.1, -0.05) is 81.7 Å². The number of rotatable bonds is 5. The summed E-state index contributed by atoms with van der Waals surface area (Å²) in [5.41, 5.74) is 1.67. The van der Waals surface area contributed by atoms with Crippen LogP contribution in [0.25, 0.3) is 0 Å². The van der Waals surface area contributed by atoms with Crippen molar-refractivity contribution in [3.05, 3.63) is 59.4 Å². The van der Waals surface area contributed by atoms with Gasteiger partial charge in [-0.15, -0.1) is 0 Å². The fraction of sp³-hybridized carbons (Fsp3) is 0.517. The molecule has 1 aromatic carbocycles. The Balaban J connectivity index is 1.74. The fourth-order valence-electron chi connectivity index (χ4n) is 4.79. The molecule has 7 nitrogen and oxygen atoms in total. The number of aromatic amines is 1. The highest BCUT2D eigenvalue weighted by Gasteiger charge is 2.29. The van der Waals surface area contributed by atoms with Gasteiger partial charge in [0, 0.05) is 13.5 Å². The number of fused-ring (bicyclic) bond motifs is 2. The Morgan fingerprint density at radius 1 is 0.944 bits per heavy atom. The number of carbonyl (C=O) groups is 4. The smallest absolute Gasteiger partial charge is 0.270 e. The number of aldehydes is 1. The van der Waals surface area contributed by atoms with E-state index >= 15 is 0 Å². The molecule has 0 saturated heterocycles. The Labute approximate surface area is 214 Å². The zero-order valence-electron chi connectivity index (χ0n) is 21.3. The molecule has 3 rings (SSSR count). The van der Waals surface area contributed by atoms with E-state index in [1.54, 1.807) is 19.2 Å². The second-order valence-electron chi connectivity index (χ2n) is 9.80. The normalized spacial score (nSPS) is 19.7. The van der Waals surface area contributed by atoms with E-state index in [2.05, 4.69) is 10.3 Å². The Morgan fingerprint density at radius 2 is 1.56 bits per heavy atom. The van der Waals surface area contributed by atoms with Crippen LogP contribution in [-0.2, 0) is 16.0 Å². The van der Waals surface area contributed by atoms with Crippen molar-refractivity contribution in [2.45, 2.75) is 89.1 Å². The Kier molecular flexibility index (Phi) is 10.9. The van der Waals surface area contributed by atoms with Gasteiger partial charge in [0.05, 0.1) is 11.7 Å². The molecule has 1 aliphatic rings. The summed E-state index contributed by atoms with van der Waals surface area (Å²) in [7, 11) is 1.61. The number of ketones is 1. The molecular weight excluding hydrogens is 454 g/mol. The molecule has 2 unspecified atom stereocenters. The summed E-state index contributed by atoms with van der Waals surface area (Å²) in [6.07, 6.45) is 11.6. The van der Waals surface area contributed by atoms with E-state index in [0.29, 0.717) is 25.0 Å². The first-order chi connectivity index (χ1) is 17.5. The van der Waals surface area contributed by atoms with Crippen LogP contribution in [0.15, 0.2) is 42.5 Å². The Hall–Kier alpha value is -3.22. The number of likely N-dealkylation sites (N-methyl/N-ethyl adjacent to an activating group) is 1. The van der Waals surface area contributed by atoms with Gasteiger partial charge in [-0.3, -0.25) is 14.4 Å². The number of amides is 2. The topological polar surface area (TPSA) is 99.3 Å². The van der Waals surface area contributed by atoms with Crippen LogP contribution in [-0.4, -0.2) is 52.9 Å². The van der Waals surface area contributed by atoms with Crippen molar-refractivity contribution >= 4 is 23.9 Å². The van der Waals surface area contributed by atoms with Crippen molar-refractivity contribution in [3.8, 4) is 0 Å². The first kappa shape index (κ1) is 27.4. The number of nitrogens with zero attached hydrogens (tertiary/aromatic N) is 1. The number of nitrogens with one attached hydrogen (secondary N) is 2. The highest BCUT2D eigenvalue weighted by Crippen LogP contribution is 2.18. The summed E-state index contributed by atoms with van der Waals surface area (Å²) < 4.78 is 0. The van der Waals surface area contributed by atoms with Gasteiger partial charge in [0.1, 0.15) is 18.0 Å². The standard InChI is InChI=1S/C29H39N3O4/c1-32-26(28(35)30-23(21-33)20-22-14-10-9-11-15-22)16-12-7-5-3-2-4-6-8-13-17-27(34)24-18-19-25(31-24)29(32)36/h9-11,14-15,18-19,21,23,26,31H,2-8,12-13,16-17,20H2,1H3,(H,30,35).